The summed E-state index contributed by atoms with van der Waals surface area (Å²) in [4.78, 5) is 20.2. The van der Waals surface area contributed by atoms with Crippen LogP contribution in [0, 0.1) is 6.92 Å². The van der Waals surface area contributed by atoms with Crippen LogP contribution in [0.15, 0.2) is 29.2 Å². The molecule has 7 nitrogen and oxygen atoms in total. The number of nitrogens with two attached hydrogens (primary N) is 1. The zero-order chi connectivity index (χ0) is 13.8. The van der Waals surface area contributed by atoms with Crippen LogP contribution in [0.1, 0.15) is 11.3 Å². The average molecular weight is 261 g/mol. The predicted octanol–water partition coefficient (Wildman–Crippen LogP) is 0.289. The summed E-state index contributed by atoms with van der Waals surface area (Å²) in [7, 11) is 1.48. The SMILES string of the molecule is COc1nc(C)cc(=O)n1Cc1ccc(NN)nc1. The third-order valence-corrected chi connectivity index (χ3v) is 2.60. The minimum atomic E-state index is -0.162. The number of nitrogens with zero attached hydrogens (tertiary/aromatic N) is 3. The van der Waals surface area contributed by atoms with Gasteiger partial charge in [-0.1, -0.05) is 6.07 Å². The zero-order valence-corrected chi connectivity index (χ0v) is 10.8. The first-order chi connectivity index (χ1) is 9.13. The van der Waals surface area contributed by atoms with Crippen LogP contribution in [0.4, 0.5) is 5.82 Å². The monoisotopic (exact) mass is 261 g/mol. The molecule has 0 fully saturated rings. The molecule has 2 aromatic rings. The number of pyridine rings is 1. The predicted molar refractivity (Wildman–Crippen MR) is 70.9 cm³/mol. The minimum Gasteiger partial charge on any atom is -0.468 e. The number of hydrogen-bond donors (Lipinski definition) is 2. The molecule has 0 aliphatic rings. The number of anilines is 1. The lowest BCUT2D eigenvalue weighted by molar-refractivity contribution is 0.350. The molecule has 0 aromatic carbocycles. The van der Waals surface area contributed by atoms with E-state index in [9.17, 15) is 4.79 Å². The van der Waals surface area contributed by atoms with Gasteiger partial charge in [-0.05, 0) is 18.6 Å². The first kappa shape index (κ1) is 13.0. The van der Waals surface area contributed by atoms with Crippen LogP contribution in [0.2, 0.25) is 0 Å². The van der Waals surface area contributed by atoms with E-state index in [0.29, 0.717) is 18.1 Å². The Morgan fingerprint density at radius 1 is 1.47 bits per heavy atom. The van der Waals surface area contributed by atoms with E-state index < -0.39 is 0 Å². The summed E-state index contributed by atoms with van der Waals surface area (Å²) in [6, 6.07) is 5.31. The lowest BCUT2D eigenvalue weighted by atomic mass is 10.3. The van der Waals surface area contributed by atoms with Crippen LogP contribution < -0.4 is 21.6 Å². The molecule has 2 rings (SSSR count). The van der Waals surface area contributed by atoms with Gasteiger partial charge in [-0.3, -0.25) is 9.36 Å². The Labute approximate surface area is 110 Å². The minimum absolute atomic E-state index is 0.162. The summed E-state index contributed by atoms with van der Waals surface area (Å²) < 4.78 is 6.57. The van der Waals surface area contributed by atoms with Gasteiger partial charge in [0.05, 0.1) is 13.7 Å². The number of aromatic nitrogens is 3. The lowest BCUT2D eigenvalue weighted by Crippen LogP contribution is -2.23. The van der Waals surface area contributed by atoms with Crippen molar-refractivity contribution < 1.29 is 4.74 Å². The molecule has 0 amide bonds. The van der Waals surface area contributed by atoms with Crippen molar-refractivity contribution in [2.24, 2.45) is 5.84 Å². The number of nitrogen functional groups attached to an aromatic ring is 1. The van der Waals surface area contributed by atoms with Crippen molar-refractivity contribution in [2.45, 2.75) is 13.5 Å². The van der Waals surface area contributed by atoms with Gasteiger partial charge in [0.15, 0.2) is 0 Å². The summed E-state index contributed by atoms with van der Waals surface area (Å²) in [6.07, 6.45) is 1.64. The largest absolute Gasteiger partial charge is 0.468 e. The van der Waals surface area contributed by atoms with Crippen molar-refractivity contribution in [3.05, 3.63) is 46.0 Å². The Morgan fingerprint density at radius 3 is 2.84 bits per heavy atom. The molecule has 0 radical (unpaired) electrons. The Hall–Kier alpha value is -2.41. The maximum atomic E-state index is 11.9. The van der Waals surface area contributed by atoms with Crippen molar-refractivity contribution in [3.63, 3.8) is 0 Å². The molecule has 0 bridgehead atoms. The van der Waals surface area contributed by atoms with Gasteiger partial charge in [0, 0.05) is 18.0 Å². The highest BCUT2D eigenvalue weighted by molar-refractivity contribution is 5.33. The standard InChI is InChI=1S/C12H15N5O2/c1-8-5-11(18)17(12(15-8)19-2)7-9-3-4-10(16-13)14-6-9/h3-6H,7,13H2,1-2H3,(H,14,16). The first-order valence-electron chi connectivity index (χ1n) is 5.68. The van der Waals surface area contributed by atoms with E-state index in [1.54, 1.807) is 19.2 Å². The van der Waals surface area contributed by atoms with Crippen LogP contribution in [-0.2, 0) is 6.54 Å². The van der Waals surface area contributed by atoms with Gasteiger partial charge in [-0.25, -0.2) is 15.8 Å². The number of nitrogens with one attached hydrogen (secondary N) is 1. The number of methoxy groups -OCH3 is 1. The molecule has 2 heterocycles. The highest BCUT2D eigenvalue weighted by atomic mass is 16.5. The van der Waals surface area contributed by atoms with Crippen molar-refractivity contribution in [3.8, 4) is 6.01 Å². The molecule has 0 aliphatic carbocycles. The summed E-state index contributed by atoms with van der Waals surface area (Å²) in [5.41, 5.74) is 3.76. The van der Waals surface area contributed by atoms with E-state index in [2.05, 4.69) is 15.4 Å². The van der Waals surface area contributed by atoms with Crippen LogP contribution in [0.5, 0.6) is 6.01 Å². The second-order valence-corrected chi connectivity index (χ2v) is 4.00. The van der Waals surface area contributed by atoms with Gasteiger partial charge in [0.1, 0.15) is 5.82 Å². The smallest absolute Gasteiger partial charge is 0.299 e. The fourth-order valence-electron chi connectivity index (χ4n) is 1.68. The Balaban J connectivity index is 2.34. The van der Waals surface area contributed by atoms with Gasteiger partial charge in [0.2, 0.25) is 0 Å². The second kappa shape index (κ2) is 5.49. The summed E-state index contributed by atoms with van der Waals surface area (Å²) in [6.45, 7) is 2.09. The first-order valence-corrected chi connectivity index (χ1v) is 5.68. The Bertz CT molecular complexity index is 621. The quantitative estimate of drug-likeness (QED) is 0.606. The maximum absolute atomic E-state index is 11.9. The van der Waals surface area contributed by atoms with Crippen molar-refractivity contribution in [1.29, 1.82) is 0 Å². The van der Waals surface area contributed by atoms with Gasteiger partial charge < -0.3 is 10.2 Å². The van der Waals surface area contributed by atoms with E-state index in [1.807, 2.05) is 6.07 Å². The third-order valence-electron chi connectivity index (χ3n) is 2.60. The Kier molecular flexibility index (Phi) is 3.76. The number of ether oxygens (including phenoxy) is 1. The summed E-state index contributed by atoms with van der Waals surface area (Å²) in [5.74, 6) is 5.80. The van der Waals surface area contributed by atoms with Crippen molar-refractivity contribution in [2.75, 3.05) is 12.5 Å². The summed E-state index contributed by atoms with van der Waals surface area (Å²) in [5, 5.41) is 0. The maximum Gasteiger partial charge on any atom is 0.299 e. The fourth-order valence-corrected chi connectivity index (χ4v) is 1.68. The molecule has 0 saturated heterocycles. The van der Waals surface area contributed by atoms with E-state index in [4.69, 9.17) is 10.6 Å². The van der Waals surface area contributed by atoms with Gasteiger partial charge in [0.25, 0.3) is 11.6 Å². The van der Waals surface area contributed by atoms with Crippen LogP contribution in [-0.4, -0.2) is 21.6 Å². The van der Waals surface area contributed by atoms with E-state index in [0.717, 1.165) is 5.56 Å². The van der Waals surface area contributed by atoms with Gasteiger partial charge in [-0.15, -0.1) is 0 Å². The van der Waals surface area contributed by atoms with Crippen LogP contribution in [0.25, 0.3) is 0 Å². The number of hydrogen-bond acceptors (Lipinski definition) is 6. The molecule has 2 aromatic heterocycles. The normalized spacial score (nSPS) is 10.3. The topological polar surface area (TPSA) is 95.1 Å². The van der Waals surface area contributed by atoms with Crippen molar-refractivity contribution >= 4 is 5.82 Å². The van der Waals surface area contributed by atoms with Gasteiger partial charge >= 0.3 is 0 Å². The molecular weight excluding hydrogens is 246 g/mol. The molecule has 7 heteroatoms. The molecular formula is C12H15N5O2. The van der Waals surface area contributed by atoms with Crippen LogP contribution in [0.3, 0.4) is 0 Å². The van der Waals surface area contributed by atoms with Crippen LogP contribution >= 0.6 is 0 Å². The average Bonchev–Trinajstić information content (AvgIpc) is 2.42. The number of hydrazine groups is 1. The number of aryl methyl sites for hydroxylation is 1. The fraction of sp³-hybridized carbons (Fsp3) is 0.250. The highest BCUT2D eigenvalue weighted by Crippen LogP contribution is 2.09. The lowest BCUT2D eigenvalue weighted by Gasteiger charge is -2.11. The molecule has 0 saturated carbocycles. The number of rotatable bonds is 4. The molecule has 0 unspecified atom stereocenters. The summed E-state index contributed by atoms with van der Waals surface area (Å²) >= 11 is 0. The van der Waals surface area contributed by atoms with E-state index in [1.165, 1.54) is 17.7 Å². The highest BCUT2D eigenvalue weighted by Gasteiger charge is 2.08. The molecule has 0 aliphatic heterocycles. The molecule has 19 heavy (non-hydrogen) atoms. The molecule has 3 N–H and O–H groups in total. The van der Waals surface area contributed by atoms with E-state index >= 15 is 0 Å². The molecule has 0 spiro atoms. The molecule has 0 atom stereocenters. The second-order valence-electron chi connectivity index (χ2n) is 4.00. The molecule has 100 valence electrons. The zero-order valence-electron chi connectivity index (χ0n) is 10.8. The third kappa shape index (κ3) is 2.89. The van der Waals surface area contributed by atoms with E-state index in [-0.39, 0.29) is 11.6 Å². The Morgan fingerprint density at radius 2 is 2.26 bits per heavy atom. The van der Waals surface area contributed by atoms with Crippen molar-refractivity contribution in [1.82, 2.24) is 14.5 Å². The van der Waals surface area contributed by atoms with Gasteiger partial charge in [-0.2, -0.15) is 0 Å².